The lowest BCUT2D eigenvalue weighted by molar-refractivity contribution is -0.143. The molecule has 0 spiro atoms. The summed E-state index contributed by atoms with van der Waals surface area (Å²) in [6.07, 6.45) is 5.08. The molecule has 1 aliphatic rings. The fourth-order valence-corrected chi connectivity index (χ4v) is 4.97. The van der Waals surface area contributed by atoms with Crippen LogP contribution in [-0.2, 0) is 29.2 Å². The zero-order valence-corrected chi connectivity index (χ0v) is 21.0. The normalized spacial score (nSPS) is 16.0. The number of hydrogen-bond acceptors (Lipinski definition) is 9. The molecule has 1 saturated heterocycles. The maximum absolute atomic E-state index is 13.9. The summed E-state index contributed by atoms with van der Waals surface area (Å²) in [6.45, 7) is 5.10. The lowest BCUT2D eigenvalue weighted by Gasteiger charge is -2.31. The van der Waals surface area contributed by atoms with Crippen LogP contribution in [0.25, 0.3) is 22.1 Å². The van der Waals surface area contributed by atoms with Gasteiger partial charge < -0.3 is 19.9 Å². The van der Waals surface area contributed by atoms with Crippen LogP contribution in [-0.4, -0.2) is 60.4 Å². The van der Waals surface area contributed by atoms with Gasteiger partial charge in [-0.15, -0.1) is 0 Å². The molecule has 1 aliphatic heterocycles. The average molecular weight is 507 g/mol. The number of anilines is 1. The Bertz CT molecular complexity index is 1580. The van der Waals surface area contributed by atoms with Gasteiger partial charge in [0, 0.05) is 43.5 Å². The number of rotatable bonds is 7. The third-order valence-corrected chi connectivity index (χ3v) is 6.66. The van der Waals surface area contributed by atoms with E-state index in [2.05, 4.69) is 9.97 Å². The summed E-state index contributed by atoms with van der Waals surface area (Å²) in [5, 5.41) is 0.736. The molecular formula is C25H30N8O4. The molecule has 1 atom stereocenters. The van der Waals surface area contributed by atoms with Crippen LogP contribution in [0.5, 0.6) is 0 Å². The Morgan fingerprint density at radius 1 is 1.14 bits per heavy atom. The van der Waals surface area contributed by atoms with Crippen molar-refractivity contribution < 1.29 is 9.53 Å². The van der Waals surface area contributed by atoms with Gasteiger partial charge in [-0.05, 0) is 44.9 Å². The number of carbonyl (C=O) groups excluding carboxylic acids is 1. The summed E-state index contributed by atoms with van der Waals surface area (Å²) in [6, 6.07) is 5.38. The highest BCUT2D eigenvalue weighted by atomic mass is 16.5. The van der Waals surface area contributed by atoms with E-state index in [0.29, 0.717) is 30.2 Å². The number of piperidine rings is 1. The van der Waals surface area contributed by atoms with E-state index in [4.69, 9.17) is 15.5 Å². The number of nitrogens with two attached hydrogens (primary N) is 1. The van der Waals surface area contributed by atoms with E-state index in [9.17, 15) is 14.4 Å². The third kappa shape index (κ3) is 4.48. The molecule has 4 aromatic rings. The van der Waals surface area contributed by atoms with Crippen molar-refractivity contribution in [2.75, 3.05) is 24.6 Å². The molecule has 2 N–H and O–H groups in total. The molecule has 0 amide bonds. The van der Waals surface area contributed by atoms with Crippen molar-refractivity contribution in [1.29, 1.82) is 0 Å². The fourth-order valence-electron chi connectivity index (χ4n) is 4.97. The number of esters is 1. The number of imidazole rings is 1. The van der Waals surface area contributed by atoms with Crippen LogP contribution in [0.3, 0.4) is 0 Å². The summed E-state index contributed by atoms with van der Waals surface area (Å²) in [5.41, 5.74) is 6.70. The number of aryl methyl sites for hydroxylation is 1. The number of nitrogens with zero attached hydrogens (tertiary/aromatic N) is 7. The summed E-state index contributed by atoms with van der Waals surface area (Å²) in [5.74, 6) is -0.0248. The molecular weight excluding hydrogens is 476 g/mol. The van der Waals surface area contributed by atoms with E-state index < -0.39 is 17.2 Å². The first-order valence-corrected chi connectivity index (χ1v) is 12.5. The van der Waals surface area contributed by atoms with Crippen molar-refractivity contribution in [2.45, 2.75) is 52.4 Å². The summed E-state index contributed by atoms with van der Waals surface area (Å²) < 4.78 is 9.25. The maximum atomic E-state index is 13.9. The highest BCUT2D eigenvalue weighted by molar-refractivity contribution is 5.80. The van der Waals surface area contributed by atoms with Crippen molar-refractivity contribution in [2.24, 2.45) is 5.73 Å². The van der Waals surface area contributed by atoms with Crippen LogP contribution in [0.2, 0.25) is 0 Å². The molecule has 194 valence electrons. The second-order valence-electron chi connectivity index (χ2n) is 9.07. The van der Waals surface area contributed by atoms with Gasteiger partial charge in [0.1, 0.15) is 6.54 Å². The molecule has 0 radical (unpaired) electrons. The Kier molecular flexibility index (Phi) is 6.74. The molecule has 0 aliphatic carbocycles. The molecule has 1 fully saturated rings. The quantitative estimate of drug-likeness (QED) is 0.361. The second kappa shape index (κ2) is 10.1. The van der Waals surface area contributed by atoms with Crippen LogP contribution >= 0.6 is 0 Å². The minimum Gasteiger partial charge on any atom is -0.465 e. The fraction of sp³-hybridized carbons (Fsp3) is 0.440. The Balaban J connectivity index is 1.73. The molecule has 5 rings (SSSR count). The van der Waals surface area contributed by atoms with Crippen molar-refractivity contribution in [3.63, 3.8) is 0 Å². The van der Waals surface area contributed by atoms with E-state index >= 15 is 0 Å². The maximum Gasteiger partial charge on any atom is 0.333 e. The molecule has 1 unspecified atom stereocenters. The van der Waals surface area contributed by atoms with Gasteiger partial charge in [-0.1, -0.05) is 0 Å². The minimum absolute atomic E-state index is 0.0108. The van der Waals surface area contributed by atoms with E-state index in [1.807, 2.05) is 17.9 Å². The van der Waals surface area contributed by atoms with Crippen LogP contribution in [0.4, 0.5) is 5.95 Å². The van der Waals surface area contributed by atoms with Gasteiger partial charge in [0.05, 0.1) is 24.4 Å². The molecule has 4 aromatic heterocycles. The Hall–Kier alpha value is -4.06. The SMILES string of the molecule is CCOC(=O)Cn1c(=O)n(Cc2nccc3ncccc23)c(=O)c2c1nc(N1CCCC(N)C1)n2CC. The average Bonchev–Trinajstić information content (AvgIpc) is 3.29. The predicted molar refractivity (Wildman–Crippen MR) is 139 cm³/mol. The van der Waals surface area contributed by atoms with E-state index in [1.165, 1.54) is 4.57 Å². The second-order valence-corrected chi connectivity index (χ2v) is 9.07. The van der Waals surface area contributed by atoms with Crippen molar-refractivity contribution >= 4 is 34.0 Å². The zero-order valence-electron chi connectivity index (χ0n) is 21.0. The topological polar surface area (TPSA) is 143 Å². The van der Waals surface area contributed by atoms with Crippen LogP contribution in [0.1, 0.15) is 32.4 Å². The smallest absolute Gasteiger partial charge is 0.333 e. The van der Waals surface area contributed by atoms with Gasteiger partial charge in [-0.2, -0.15) is 4.98 Å². The van der Waals surface area contributed by atoms with Gasteiger partial charge in [0.25, 0.3) is 5.56 Å². The highest BCUT2D eigenvalue weighted by Gasteiger charge is 2.27. The largest absolute Gasteiger partial charge is 0.465 e. The van der Waals surface area contributed by atoms with Crippen LogP contribution in [0, 0.1) is 0 Å². The molecule has 12 heteroatoms. The van der Waals surface area contributed by atoms with Crippen LogP contribution in [0.15, 0.2) is 40.2 Å². The lowest BCUT2D eigenvalue weighted by Crippen LogP contribution is -2.44. The van der Waals surface area contributed by atoms with Gasteiger partial charge in [0.15, 0.2) is 11.2 Å². The monoisotopic (exact) mass is 506 g/mol. The van der Waals surface area contributed by atoms with Crippen molar-refractivity contribution in [3.8, 4) is 0 Å². The van der Waals surface area contributed by atoms with Crippen LogP contribution < -0.4 is 21.9 Å². The molecule has 5 heterocycles. The molecule has 0 saturated carbocycles. The third-order valence-electron chi connectivity index (χ3n) is 6.66. The Labute approximate surface area is 212 Å². The van der Waals surface area contributed by atoms with Crippen molar-refractivity contribution in [3.05, 3.63) is 57.1 Å². The number of carbonyl (C=O) groups is 1. The number of fused-ring (bicyclic) bond motifs is 2. The number of ether oxygens (including phenoxy) is 1. The van der Waals surface area contributed by atoms with Gasteiger partial charge in [0.2, 0.25) is 5.95 Å². The summed E-state index contributed by atoms with van der Waals surface area (Å²) in [7, 11) is 0. The number of hydrogen-bond donors (Lipinski definition) is 1. The number of aromatic nitrogens is 6. The molecule has 0 bridgehead atoms. The predicted octanol–water partition coefficient (Wildman–Crippen LogP) is 0.862. The van der Waals surface area contributed by atoms with Gasteiger partial charge >= 0.3 is 11.7 Å². The Morgan fingerprint density at radius 3 is 2.73 bits per heavy atom. The Morgan fingerprint density at radius 2 is 1.97 bits per heavy atom. The number of pyridine rings is 2. The lowest BCUT2D eigenvalue weighted by atomic mass is 10.1. The van der Waals surface area contributed by atoms with E-state index in [0.717, 1.165) is 29.3 Å². The van der Waals surface area contributed by atoms with Gasteiger partial charge in [-0.25, -0.2) is 4.79 Å². The van der Waals surface area contributed by atoms with E-state index in [-0.39, 0.29) is 36.9 Å². The molecule has 12 nitrogen and oxygen atoms in total. The van der Waals surface area contributed by atoms with Crippen molar-refractivity contribution in [1.82, 2.24) is 28.7 Å². The summed E-state index contributed by atoms with van der Waals surface area (Å²) >= 11 is 0. The first kappa shape index (κ1) is 24.6. The van der Waals surface area contributed by atoms with E-state index in [1.54, 1.807) is 36.0 Å². The summed E-state index contributed by atoms with van der Waals surface area (Å²) in [4.78, 5) is 55.6. The zero-order chi connectivity index (χ0) is 26.1. The standard InChI is InChI=1S/C25H30N8O4/c1-3-31-21-22(29-24(31)30-12-6-7-16(26)13-30)32(15-20(34)37-4-2)25(36)33(23(21)35)14-19-17-8-5-10-27-18(17)9-11-28-19/h5,8-11,16H,3-4,6-7,12-15,26H2,1-2H3. The molecule has 37 heavy (non-hydrogen) atoms. The first-order chi connectivity index (χ1) is 17.9. The molecule has 0 aromatic carbocycles. The van der Waals surface area contributed by atoms with Gasteiger partial charge in [-0.3, -0.25) is 28.7 Å². The minimum atomic E-state index is -0.657. The first-order valence-electron chi connectivity index (χ1n) is 12.5. The highest BCUT2D eigenvalue weighted by Crippen LogP contribution is 2.23.